The molecule has 2 atom stereocenters. The summed E-state index contributed by atoms with van der Waals surface area (Å²) in [6.45, 7) is 8.46. The Kier molecular flexibility index (Phi) is 5.32. The molecule has 18 heavy (non-hydrogen) atoms. The van der Waals surface area contributed by atoms with E-state index in [1.165, 1.54) is 16.7 Å². The number of rotatable bonds is 6. The van der Waals surface area contributed by atoms with Crippen molar-refractivity contribution in [2.75, 3.05) is 7.11 Å². The first-order chi connectivity index (χ1) is 8.45. The summed E-state index contributed by atoms with van der Waals surface area (Å²) in [5, 5.41) is 0. The summed E-state index contributed by atoms with van der Waals surface area (Å²) in [5.74, 6) is 5.70. The van der Waals surface area contributed by atoms with E-state index in [1.807, 2.05) is 0 Å². The number of benzene rings is 1. The number of hydrogen-bond acceptors (Lipinski definition) is 3. The Bertz CT molecular complexity index is 366. The zero-order valence-corrected chi connectivity index (χ0v) is 12.2. The minimum atomic E-state index is -0.244. The molecular weight excluding hydrogens is 224 g/mol. The molecule has 102 valence electrons. The summed E-state index contributed by atoms with van der Waals surface area (Å²) in [6, 6.07) is 6.71. The Labute approximate surface area is 111 Å². The quantitative estimate of drug-likeness (QED) is 0.602. The summed E-state index contributed by atoms with van der Waals surface area (Å²) in [5.41, 5.74) is 6.54. The van der Waals surface area contributed by atoms with Crippen molar-refractivity contribution in [2.24, 2.45) is 5.84 Å². The SMILES string of the molecule is CCC(C)(OC)C(Cc1cc(C)cc(C)c1)NN. The van der Waals surface area contributed by atoms with Crippen LogP contribution in [0.25, 0.3) is 0 Å². The maximum absolute atomic E-state index is 5.70. The third-order valence-corrected chi connectivity index (χ3v) is 3.83. The number of nitrogens with one attached hydrogen (secondary N) is 1. The molecule has 3 N–H and O–H groups in total. The van der Waals surface area contributed by atoms with E-state index in [9.17, 15) is 0 Å². The Morgan fingerprint density at radius 3 is 2.22 bits per heavy atom. The number of methoxy groups -OCH3 is 1. The van der Waals surface area contributed by atoms with Gasteiger partial charge in [-0.05, 0) is 39.2 Å². The largest absolute Gasteiger partial charge is 0.377 e. The topological polar surface area (TPSA) is 47.3 Å². The highest BCUT2D eigenvalue weighted by molar-refractivity contribution is 5.29. The molecule has 2 unspecified atom stereocenters. The molecule has 0 aliphatic heterocycles. The lowest BCUT2D eigenvalue weighted by Crippen LogP contribution is -2.53. The van der Waals surface area contributed by atoms with Gasteiger partial charge < -0.3 is 4.74 Å². The lowest BCUT2D eigenvalue weighted by molar-refractivity contribution is -0.0288. The normalized spacial score (nSPS) is 16.3. The van der Waals surface area contributed by atoms with Gasteiger partial charge in [-0.25, -0.2) is 0 Å². The van der Waals surface area contributed by atoms with Crippen molar-refractivity contribution in [3.63, 3.8) is 0 Å². The van der Waals surface area contributed by atoms with E-state index in [-0.39, 0.29) is 11.6 Å². The lowest BCUT2D eigenvalue weighted by Gasteiger charge is -2.35. The van der Waals surface area contributed by atoms with Gasteiger partial charge in [-0.3, -0.25) is 11.3 Å². The second kappa shape index (κ2) is 6.32. The third-order valence-electron chi connectivity index (χ3n) is 3.83. The van der Waals surface area contributed by atoms with Crippen molar-refractivity contribution in [2.45, 2.75) is 52.2 Å². The van der Waals surface area contributed by atoms with Gasteiger partial charge in [0.15, 0.2) is 0 Å². The summed E-state index contributed by atoms with van der Waals surface area (Å²) in [6.07, 6.45) is 1.79. The molecule has 0 radical (unpaired) electrons. The minimum absolute atomic E-state index is 0.105. The molecular formula is C15H26N2O. The molecule has 0 aliphatic rings. The Morgan fingerprint density at radius 2 is 1.83 bits per heavy atom. The first-order valence-electron chi connectivity index (χ1n) is 6.53. The van der Waals surface area contributed by atoms with Gasteiger partial charge in [-0.15, -0.1) is 0 Å². The van der Waals surface area contributed by atoms with Gasteiger partial charge >= 0.3 is 0 Å². The van der Waals surface area contributed by atoms with Crippen LogP contribution >= 0.6 is 0 Å². The Balaban J connectivity index is 2.92. The maximum Gasteiger partial charge on any atom is 0.0817 e. The van der Waals surface area contributed by atoms with Gasteiger partial charge in [0.1, 0.15) is 0 Å². The molecule has 0 saturated heterocycles. The van der Waals surface area contributed by atoms with E-state index in [2.05, 4.69) is 51.3 Å². The maximum atomic E-state index is 5.70. The number of nitrogens with two attached hydrogens (primary N) is 1. The molecule has 3 heteroatoms. The molecule has 0 aliphatic carbocycles. The van der Waals surface area contributed by atoms with Crippen molar-refractivity contribution in [1.29, 1.82) is 0 Å². The summed E-state index contributed by atoms with van der Waals surface area (Å²) >= 11 is 0. The van der Waals surface area contributed by atoms with Gasteiger partial charge in [-0.2, -0.15) is 0 Å². The van der Waals surface area contributed by atoms with Crippen molar-refractivity contribution >= 4 is 0 Å². The second-order valence-electron chi connectivity index (χ2n) is 5.29. The van der Waals surface area contributed by atoms with Crippen LogP contribution in [-0.2, 0) is 11.2 Å². The third kappa shape index (κ3) is 3.55. The average molecular weight is 250 g/mol. The van der Waals surface area contributed by atoms with Crippen LogP contribution in [0.1, 0.15) is 37.0 Å². The van der Waals surface area contributed by atoms with E-state index in [1.54, 1.807) is 7.11 Å². The number of hydrogen-bond donors (Lipinski definition) is 2. The van der Waals surface area contributed by atoms with Crippen LogP contribution in [0.4, 0.5) is 0 Å². The van der Waals surface area contributed by atoms with Crippen LogP contribution < -0.4 is 11.3 Å². The van der Waals surface area contributed by atoms with Gasteiger partial charge in [0.05, 0.1) is 11.6 Å². The fourth-order valence-corrected chi connectivity index (χ4v) is 2.41. The van der Waals surface area contributed by atoms with E-state index in [0.29, 0.717) is 0 Å². The van der Waals surface area contributed by atoms with Crippen LogP contribution in [0.2, 0.25) is 0 Å². The number of hydrazine groups is 1. The minimum Gasteiger partial charge on any atom is -0.377 e. The standard InChI is InChI=1S/C15H26N2O/c1-6-15(4,18-5)14(17-16)10-13-8-11(2)7-12(3)9-13/h7-9,14,17H,6,10,16H2,1-5H3. The van der Waals surface area contributed by atoms with Crippen LogP contribution in [0, 0.1) is 13.8 Å². The Hall–Kier alpha value is -0.900. The highest BCUT2D eigenvalue weighted by Gasteiger charge is 2.31. The molecule has 0 fully saturated rings. The monoisotopic (exact) mass is 250 g/mol. The lowest BCUT2D eigenvalue weighted by atomic mass is 9.88. The van der Waals surface area contributed by atoms with E-state index >= 15 is 0 Å². The van der Waals surface area contributed by atoms with Crippen molar-refractivity contribution < 1.29 is 4.74 Å². The van der Waals surface area contributed by atoms with Gasteiger partial charge in [-0.1, -0.05) is 36.2 Å². The fourth-order valence-electron chi connectivity index (χ4n) is 2.41. The highest BCUT2D eigenvalue weighted by Crippen LogP contribution is 2.22. The average Bonchev–Trinajstić information content (AvgIpc) is 2.34. The molecule has 0 aromatic heterocycles. The molecule has 0 amide bonds. The zero-order chi connectivity index (χ0) is 13.8. The van der Waals surface area contributed by atoms with Crippen molar-refractivity contribution in [3.8, 4) is 0 Å². The van der Waals surface area contributed by atoms with Crippen molar-refractivity contribution in [3.05, 3.63) is 34.9 Å². The van der Waals surface area contributed by atoms with Gasteiger partial charge in [0.25, 0.3) is 0 Å². The number of ether oxygens (including phenoxy) is 1. The van der Waals surface area contributed by atoms with E-state index in [4.69, 9.17) is 10.6 Å². The molecule has 0 spiro atoms. The first-order valence-corrected chi connectivity index (χ1v) is 6.53. The molecule has 0 bridgehead atoms. The van der Waals surface area contributed by atoms with Crippen LogP contribution in [0.3, 0.4) is 0 Å². The summed E-state index contributed by atoms with van der Waals surface area (Å²) in [7, 11) is 1.75. The number of aryl methyl sites for hydroxylation is 2. The summed E-state index contributed by atoms with van der Waals surface area (Å²) < 4.78 is 5.63. The van der Waals surface area contributed by atoms with Crippen molar-refractivity contribution in [1.82, 2.24) is 5.43 Å². The zero-order valence-electron chi connectivity index (χ0n) is 12.2. The van der Waals surface area contributed by atoms with E-state index in [0.717, 1.165) is 12.8 Å². The fraction of sp³-hybridized carbons (Fsp3) is 0.600. The predicted molar refractivity (Wildman–Crippen MR) is 76.4 cm³/mol. The van der Waals surface area contributed by atoms with Gasteiger partial charge in [0.2, 0.25) is 0 Å². The molecule has 1 rings (SSSR count). The van der Waals surface area contributed by atoms with Crippen LogP contribution in [-0.4, -0.2) is 18.8 Å². The predicted octanol–water partition coefficient (Wildman–Crippen LogP) is 2.49. The van der Waals surface area contributed by atoms with Gasteiger partial charge in [0, 0.05) is 7.11 Å². The van der Waals surface area contributed by atoms with Crippen LogP contribution in [0.5, 0.6) is 0 Å². The molecule has 0 saturated carbocycles. The summed E-state index contributed by atoms with van der Waals surface area (Å²) in [4.78, 5) is 0. The van der Waals surface area contributed by atoms with E-state index < -0.39 is 0 Å². The molecule has 1 aromatic rings. The molecule has 3 nitrogen and oxygen atoms in total. The van der Waals surface area contributed by atoms with Crippen LogP contribution in [0.15, 0.2) is 18.2 Å². The molecule has 0 heterocycles. The Morgan fingerprint density at radius 1 is 1.28 bits per heavy atom. The smallest absolute Gasteiger partial charge is 0.0817 e. The first kappa shape index (κ1) is 15.2. The highest BCUT2D eigenvalue weighted by atomic mass is 16.5. The second-order valence-corrected chi connectivity index (χ2v) is 5.29. The molecule has 1 aromatic carbocycles.